The molecule has 4 heteroatoms. The lowest BCUT2D eigenvalue weighted by atomic mass is 9.84. The number of amides is 2. The van der Waals surface area contributed by atoms with Crippen molar-refractivity contribution in [3.8, 4) is 0 Å². The van der Waals surface area contributed by atoms with E-state index in [0.29, 0.717) is 19.0 Å². The zero-order chi connectivity index (χ0) is 13.6. The summed E-state index contributed by atoms with van der Waals surface area (Å²) in [5, 5.41) is 12.1. The Bertz CT molecular complexity index is 238. The molecule has 0 aliphatic rings. The number of hydrogen-bond acceptors (Lipinski definition) is 2. The van der Waals surface area contributed by atoms with E-state index in [1.54, 1.807) is 14.0 Å². The number of likely N-dealkylation sites (N-methyl/N-ethyl adjacent to an activating group) is 1. The standard InChI is InChI=1S/C13H28N2O2/c1-10(2)7-13(4,5)9-14-12(17)15(6)8-11(3)16/h10-11,16H,7-9H2,1-6H3,(H,14,17). The largest absolute Gasteiger partial charge is 0.392 e. The topological polar surface area (TPSA) is 52.6 Å². The molecule has 102 valence electrons. The number of urea groups is 1. The molecule has 1 atom stereocenters. The summed E-state index contributed by atoms with van der Waals surface area (Å²) >= 11 is 0. The third-order valence-corrected chi connectivity index (χ3v) is 2.56. The highest BCUT2D eigenvalue weighted by Gasteiger charge is 2.21. The lowest BCUT2D eigenvalue weighted by molar-refractivity contribution is 0.141. The summed E-state index contributed by atoms with van der Waals surface area (Å²) in [5.41, 5.74) is 0.107. The zero-order valence-electron chi connectivity index (χ0n) is 12.1. The van der Waals surface area contributed by atoms with Gasteiger partial charge in [0.05, 0.1) is 6.10 Å². The van der Waals surface area contributed by atoms with Crippen molar-refractivity contribution in [2.75, 3.05) is 20.1 Å². The summed E-state index contributed by atoms with van der Waals surface area (Å²) in [7, 11) is 1.69. The van der Waals surface area contributed by atoms with E-state index < -0.39 is 6.10 Å². The molecule has 0 spiro atoms. The van der Waals surface area contributed by atoms with Crippen LogP contribution in [0, 0.1) is 11.3 Å². The van der Waals surface area contributed by atoms with Gasteiger partial charge in [-0.2, -0.15) is 0 Å². The van der Waals surface area contributed by atoms with Gasteiger partial charge in [-0.15, -0.1) is 0 Å². The number of nitrogens with zero attached hydrogens (tertiary/aromatic N) is 1. The Balaban J connectivity index is 4.06. The van der Waals surface area contributed by atoms with E-state index in [9.17, 15) is 9.90 Å². The monoisotopic (exact) mass is 244 g/mol. The number of carbonyl (C=O) groups is 1. The van der Waals surface area contributed by atoms with Crippen LogP contribution in [0.3, 0.4) is 0 Å². The van der Waals surface area contributed by atoms with Crippen molar-refractivity contribution >= 4 is 6.03 Å². The number of aliphatic hydroxyl groups is 1. The SMILES string of the molecule is CC(C)CC(C)(C)CNC(=O)N(C)CC(C)O. The number of rotatable bonds is 6. The van der Waals surface area contributed by atoms with Gasteiger partial charge >= 0.3 is 6.03 Å². The Morgan fingerprint density at radius 1 is 1.35 bits per heavy atom. The molecule has 0 saturated carbocycles. The number of nitrogens with one attached hydrogen (secondary N) is 1. The number of carbonyl (C=O) groups excluding carboxylic acids is 1. The molecule has 2 amide bonds. The molecule has 4 nitrogen and oxygen atoms in total. The first-order valence-electron chi connectivity index (χ1n) is 6.31. The highest BCUT2D eigenvalue weighted by Crippen LogP contribution is 2.24. The van der Waals surface area contributed by atoms with Crippen LogP contribution in [0.15, 0.2) is 0 Å². The molecule has 0 aromatic rings. The van der Waals surface area contributed by atoms with Gasteiger partial charge in [0.2, 0.25) is 0 Å². The van der Waals surface area contributed by atoms with Gasteiger partial charge in [0, 0.05) is 20.1 Å². The Kier molecular flexibility index (Phi) is 6.53. The Morgan fingerprint density at radius 2 is 1.88 bits per heavy atom. The lowest BCUT2D eigenvalue weighted by Crippen LogP contribution is -2.44. The Hall–Kier alpha value is -0.770. The van der Waals surface area contributed by atoms with Crippen LogP contribution in [-0.4, -0.2) is 42.3 Å². The number of hydrogen-bond donors (Lipinski definition) is 2. The van der Waals surface area contributed by atoms with Gasteiger partial charge in [-0.3, -0.25) is 0 Å². The summed E-state index contributed by atoms with van der Waals surface area (Å²) < 4.78 is 0. The van der Waals surface area contributed by atoms with Gasteiger partial charge in [0.1, 0.15) is 0 Å². The van der Waals surface area contributed by atoms with Gasteiger partial charge in [0.15, 0.2) is 0 Å². The highest BCUT2D eigenvalue weighted by molar-refractivity contribution is 5.73. The predicted molar refractivity (Wildman–Crippen MR) is 70.9 cm³/mol. The minimum absolute atomic E-state index is 0.107. The van der Waals surface area contributed by atoms with Crippen LogP contribution in [0.2, 0.25) is 0 Å². The van der Waals surface area contributed by atoms with Gasteiger partial charge in [-0.1, -0.05) is 27.7 Å². The van der Waals surface area contributed by atoms with Crippen LogP contribution in [0.1, 0.15) is 41.0 Å². The number of aliphatic hydroxyl groups excluding tert-OH is 1. The molecule has 0 fully saturated rings. The summed E-state index contributed by atoms with van der Waals surface area (Å²) in [4.78, 5) is 13.2. The van der Waals surface area contributed by atoms with Crippen molar-refractivity contribution < 1.29 is 9.90 Å². The van der Waals surface area contributed by atoms with Gasteiger partial charge < -0.3 is 15.3 Å². The van der Waals surface area contributed by atoms with Crippen LogP contribution in [0.5, 0.6) is 0 Å². The second-order valence-corrected chi connectivity index (χ2v) is 6.15. The van der Waals surface area contributed by atoms with Crippen LogP contribution < -0.4 is 5.32 Å². The van der Waals surface area contributed by atoms with Gasteiger partial charge in [-0.05, 0) is 24.7 Å². The molecule has 17 heavy (non-hydrogen) atoms. The van der Waals surface area contributed by atoms with Gasteiger partial charge in [-0.25, -0.2) is 4.79 Å². The van der Waals surface area contributed by atoms with Crippen molar-refractivity contribution in [3.63, 3.8) is 0 Å². The molecule has 0 saturated heterocycles. The molecular weight excluding hydrogens is 216 g/mol. The zero-order valence-corrected chi connectivity index (χ0v) is 12.1. The third kappa shape index (κ3) is 8.02. The third-order valence-electron chi connectivity index (χ3n) is 2.56. The Labute approximate surface area is 105 Å². The predicted octanol–water partition coefficient (Wildman–Crippen LogP) is 2.08. The first-order valence-corrected chi connectivity index (χ1v) is 6.31. The summed E-state index contributed by atoms with van der Waals surface area (Å²) in [6, 6.07) is -0.122. The minimum Gasteiger partial charge on any atom is -0.392 e. The summed E-state index contributed by atoms with van der Waals surface area (Å²) in [5.74, 6) is 0.622. The van der Waals surface area contributed by atoms with Gasteiger partial charge in [0.25, 0.3) is 0 Å². The molecule has 0 aromatic heterocycles. The quantitative estimate of drug-likeness (QED) is 0.751. The van der Waals surface area contributed by atoms with Crippen molar-refractivity contribution in [3.05, 3.63) is 0 Å². The Morgan fingerprint density at radius 3 is 2.29 bits per heavy atom. The maximum absolute atomic E-state index is 11.7. The smallest absolute Gasteiger partial charge is 0.317 e. The van der Waals surface area contributed by atoms with E-state index in [1.807, 2.05) is 0 Å². The van der Waals surface area contributed by atoms with E-state index in [1.165, 1.54) is 4.90 Å². The molecule has 0 bridgehead atoms. The maximum Gasteiger partial charge on any atom is 0.317 e. The second-order valence-electron chi connectivity index (χ2n) is 6.15. The first kappa shape index (κ1) is 16.2. The normalized spacial score (nSPS) is 13.6. The van der Waals surface area contributed by atoms with E-state index in [0.717, 1.165) is 6.42 Å². The average molecular weight is 244 g/mol. The molecule has 0 heterocycles. The van der Waals surface area contributed by atoms with E-state index >= 15 is 0 Å². The molecule has 0 rings (SSSR count). The molecule has 0 radical (unpaired) electrons. The lowest BCUT2D eigenvalue weighted by Gasteiger charge is -2.28. The highest BCUT2D eigenvalue weighted by atomic mass is 16.3. The van der Waals surface area contributed by atoms with Crippen LogP contribution in [0.25, 0.3) is 0 Å². The summed E-state index contributed by atoms with van der Waals surface area (Å²) in [6.45, 7) is 11.4. The second kappa shape index (κ2) is 6.84. The van der Waals surface area contributed by atoms with E-state index in [4.69, 9.17) is 0 Å². The van der Waals surface area contributed by atoms with Crippen molar-refractivity contribution in [2.45, 2.75) is 47.1 Å². The van der Waals surface area contributed by atoms with Crippen molar-refractivity contribution in [1.82, 2.24) is 10.2 Å². The fraction of sp³-hybridized carbons (Fsp3) is 0.923. The molecule has 0 aromatic carbocycles. The summed E-state index contributed by atoms with van der Waals surface area (Å²) in [6.07, 6.45) is 0.586. The average Bonchev–Trinajstić information content (AvgIpc) is 2.11. The van der Waals surface area contributed by atoms with Crippen molar-refractivity contribution in [2.24, 2.45) is 11.3 Å². The van der Waals surface area contributed by atoms with Crippen LogP contribution in [0.4, 0.5) is 4.79 Å². The molecule has 1 unspecified atom stereocenters. The fourth-order valence-electron chi connectivity index (χ4n) is 2.11. The van der Waals surface area contributed by atoms with E-state index in [-0.39, 0.29) is 11.4 Å². The van der Waals surface area contributed by atoms with Crippen molar-refractivity contribution in [1.29, 1.82) is 0 Å². The molecular formula is C13H28N2O2. The van der Waals surface area contributed by atoms with Crippen LogP contribution in [-0.2, 0) is 0 Å². The molecule has 0 aliphatic heterocycles. The molecule has 2 N–H and O–H groups in total. The van der Waals surface area contributed by atoms with E-state index in [2.05, 4.69) is 33.0 Å². The first-order chi connectivity index (χ1) is 7.64. The minimum atomic E-state index is -0.491. The maximum atomic E-state index is 11.7. The van der Waals surface area contributed by atoms with Crippen LogP contribution >= 0.6 is 0 Å². The fourth-order valence-corrected chi connectivity index (χ4v) is 2.11. The molecule has 0 aliphatic carbocycles.